The van der Waals surface area contributed by atoms with Crippen LogP contribution < -0.4 is 4.90 Å². The molecule has 1 atom stereocenters. The number of nitrogens with zero attached hydrogens (tertiary/aromatic N) is 4. The van der Waals surface area contributed by atoms with Gasteiger partial charge >= 0.3 is 11.7 Å². The van der Waals surface area contributed by atoms with Crippen molar-refractivity contribution in [1.29, 1.82) is 0 Å². The minimum absolute atomic E-state index is 0.0384. The molecule has 0 amide bonds. The lowest BCUT2D eigenvalue weighted by molar-refractivity contribution is -0.384. The van der Waals surface area contributed by atoms with Gasteiger partial charge in [0, 0.05) is 20.1 Å². The summed E-state index contributed by atoms with van der Waals surface area (Å²) in [6.45, 7) is 2.68. The van der Waals surface area contributed by atoms with Gasteiger partial charge in [0.1, 0.15) is 5.69 Å². The Morgan fingerprint density at radius 1 is 1.65 bits per heavy atom. The molecule has 1 unspecified atom stereocenters. The normalized spacial score (nSPS) is 19.1. The average molecular weight is 284 g/mol. The number of nitro groups is 1. The topological polar surface area (TPSA) is 111 Å². The van der Waals surface area contributed by atoms with Crippen LogP contribution >= 0.6 is 0 Å². The van der Waals surface area contributed by atoms with Gasteiger partial charge in [0.15, 0.2) is 0 Å². The molecule has 1 aliphatic rings. The number of aryl methyl sites for hydroxylation is 2. The number of carboxylic acid groups (broad SMARTS) is 1. The fourth-order valence-electron chi connectivity index (χ4n) is 2.43. The Morgan fingerprint density at radius 2 is 2.35 bits per heavy atom. The summed E-state index contributed by atoms with van der Waals surface area (Å²) < 4.78 is 6.82. The third-order valence-electron chi connectivity index (χ3n) is 3.18. The molecule has 0 aromatic carbocycles. The van der Waals surface area contributed by atoms with Gasteiger partial charge in [-0.15, -0.1) is 0 Å². The molecule has 0 bridgehead atoms. The summed E-state index contributed by atoms with van der Waals surface area (Å²) in [5.41, 5.74) is 0.303. The van der Waals surface area contributed by atoms with E-state index in [2.05, 4.69) is 5.10 Å². The molecule has 1 fully saturated rings. The quantitative estimate of drug-likeness (QED) is 0.626. The Kier molecular flexibility index (Phi) is 3.89. The number of aliphatic carboxylic acids is 1. The second-order valence-electron chi connectivity index (χ2n) is 4.68. The van der Waals surface area contributed by atoms with E-state index >= 15 is 0 Å². The van der Waals surface area contributed by atoms with Gasteiger partial charge < -0.3 is 14.7 Å². The van der Waals surface area contributed by atoms with Crippen LogP contribution in [-0.4, -0.2) is 51.6 Å². The number of aromatic nitrogens is 2. The second kappa shape index (κ2) is 5.45. The molecule has 0 spiro atoms. The van der Waals surface area contributed by atoms with Crippen molar-refractivity contribution in [2.24, 2.45) is 7.05 Å². The van der Waals surface area contributed by atoms with Crippen LogP contribution in [-0.2, 0) is 16.6 Å². The monoisotopic (exact) mass is 284 g/mol. The Balaban J connectivity index is 2.27. The molecule has 1 aliphatic heterocycles. The van der Waals surface area contributed by atoms with E-state index in [0.29, 0.717) is 31.2 Å². The highest BCUT2D eigenvalue weighted by Gasteiger charge is 2.32. The van der Waals surface area contributed by atoms with Gasteiger partial charge in [-0.1, -0.05) is 0 Å². The summed E-state index contributed by atoms with van der Waals surface area (Å²) in [7, 11) is 1.64. The van der Waals surface area contributed by atoms with E-state index in [9.17, 15) is 14.9 Å². The number of carbonyl (C=O) groups is 1. The Bertz CT molecular complexity index is 541. The van der Waals surface area contributed by atoms with E-state index in [4.69, 9.17) is 9.84 Å². The molecular formula is C11H16N4O5. The maximum Gasteiger partial charge on any atom is 0.333 e. The summed E-state index contributed by atoms with van der Waals surface area (Å²) in [4.78, 5) is 23.2. The van der Waals surface area contributed by atoms with Crippen molar-refractivity contribution in [3.05, 3.63) is 15.8 Å². The van der Waals surface area contributed by atoms with Crippen molar-refractivity contribution in [3.63, 3.8) is 0 Å². The second-order valence-corrected chi connectivity index (χ2v) is 4.68. The number of carboxylic acids is 1. The van der Waals surface area contributed by atoms with Crippen LogP contribution in [0.3, 0.4) is 0 Å². The smallest absolute Gasteiger partial charge is 0.333 e. The lowest BCUT2D eigenvalue weighted by Crippen LogP contribution is -2.44. The van der Waals surface area contributed by atoms with Crippen LogP contribution in [0, 0.1) is 17.0 Å². The molecule has 9 heteroatoms. The van der Waals surface area contributed by atoms with Gasteiger partial charge in [0.05, 0.1) is 24.1 Å². The third-order valence-corrected chi connectivity index (χ3v) is 3.18. The third kappa shape index (κ3) is 2.72. The number of hydrogen-bond acceptors (Lipinski definition) is 6. The SMILES string of the molecule is Cc1nn(C)c(N2CCOC(CC(=O)O)C2)c1[N+](=O)[O-]. The summed E-state index contributed by atoms with van der Waals surface area (Å²) in [6.07, 6.45) is -0.600. The summed E-state index contributed by atoms with van der Waals surface area (Å²) in [5.74, 6) is -0.557. The predicted octanol–water partition coefficient (Wildman–Crippen LogP) is 0.317. The first-order valence-corrected chi connectivity index (χ1v) is 6.16. The van der Waals surface area contributed by atoms with Crippen LogP contribution in [0.25, 0.3) is 0 Å². The molecule has 1 aromatic heterocycles. The van der Waals surface area contributed by atoms with Crippen LogP contribution in [0.1, 0.15) is 12.1 Å². The number of ether oxygens (including phenoxy) is 1. The van der Waals surface area contributed by atoms with Crippen LogP contribution in [0.5, 0.6) is 0 Å². The van der Waals surface area contributed by atoms with Crippen molar-refractivity contribution >= 4 is 17.5 Å². The molecular weight excluding hydrogens is 268 g/mol. The van der Waals surface area contributed by atoms with Crippen molar-refractivity contribution in [1.82, 2.24) is 9.78 Å². The minimum Gasteiger partial charge on any atom is -0.481 e. The summed E-state index contributed by atoms with van der Waals surface area (Å²) in [6, 6.07) is 0. The highest BCUT2D eigenvalue weighted by Crippen LogP contribution is 2.32. The van der Waals surface area contributed by atoms with Gasteiger partial charge in [-0.3, -0.25) is 14.9 Å². The van der Waals surface area contributed by atoms with Gasteiger partial charge in [-0.05, 0) is 6.92 Å². The number of rotatable bonds is 4. The first-order valence-electron chi connectivity index (χ1n) is 6.16. The fraction of sp³-hybridized carbons (Fsp3) is 0.636. The lowest BCUT2D eigenvalue weighted by atomic mass is 10.2. The Hall–Kier alpha value is -2.16. The van der Waals surface area contributed by atoms with Gasteiger partial charge in [-0.25, -0.2) is 4.68 Å². The van der Waals surface area contributed by atoms with E-state index in [-0.39, 0.29) is 12.1 Å². The van der Waals surface area contributed by atoms with Crippen molar-refractivity contribution in [2.75, 3.05) is 24.6 Å². The Morgan fingerprint density at radius 3 is 2.95 bits per heavy atom. The number of anilines is 1. The number of morpholine rings is 1. The average Bonchev–Trinajstić information content (AvgIpc) is 2.63. The molecule has 1 N–H and O–H groups in total. The van der Waals surface area contributed by atoms with E-state index in [0.717, 1.165) is 0 Å². The maximum atomic E-state index is 11.2. The van der Waals surface area contributed by atoms with E-state index in [1.165, 1.54) is 4.68 Å². The van der Waals surface area contributed by atoms with Crippen LogP contribution in [0.4, 0.5) is 11.5 Å². The van der Waals surface area contributed by atoms with Crippen molar-refractivity contribution < 1.29 is 19.6 Å². The predicted molar refractivity (Wildman–Crippen MR) is 68.8 cm³/mol. The molecule has 0 radical (unpaired) electrons. The van der Waals surface area contributed by atoms with Crippen LogP contribution in [0.2, 0.25) is 0 Å². The molecule has 110 valence electrons. The van der Waals surface area contributed by atoms with E-state index < -0.39 is 17.0 Å². The molecule has 2 heterocycles. The molecule has 0 aliphatic carbocycles. The highest BCUT2D eigenvalue weighted by atomic mass is 16.6. The molecule has 20 heavy (non-hydrogen) atoms. The highest BCUT2D eigenvalue weighted by molar-refractivity contribution is 5.68. The molecule has 2 rings (SSSR count). The zero-order chi connectivity index (χ0) is 14.9. The molecule has 0 saturated carbocycles. The van der Waals surface area contributed by atoms with Gasteiger partial charge in [0.2, 0.25) is 5.82 Å². The molecule has 1 saturated heterocycles. The first kappa shape index (κ1) is 14.3. The molecule has 1 aromatic rings. The fourth-order valence-corrected chi connectivity index (χ4v) is 2.43. The zero-order valence-electron chi connectivity index (χ0n) is 11.3. The van der Waals surface area contributed by atoms with Crippen molar-refractivity contribution in [2.45, 2.75) is 19.4 Å². The maximum absolute atomic E-state index is 11.2. The minimum atomic E-state index is -0.951. The van der Waals surface area contributed by atoms with E-state index in [1.807, 2.05) is 0 Å². The van der Waals surface area contributed by atoms with Crippen LogP contribution in [0.15, 0.2) is 0 Å². The number of hydrogen-bond donors (Lipinski definition) is 1. The summed E-state index contributed by atoms with van der Waals surface area (Å²) in [5, 5.41) is 24.0. The van der Waals surface area contributed by atoms with E-state index in [1.54, 1.807) is 18.9 Å². The van der Waals surface area contributed by atoms with Crippen molar-refractivity contribution in [3.8, 4) is 0 Å². The van der Waals surface area contributed by atoms with Gasteiger partial charge in [-0.2, -0.15) is 5.10 Å². The largest absolute Gasteiger partial charge is 0.481 e. The van der Waals surface area contributed by atoms with Gasteiger partial charge in [0.25, 0.3) is 0 Å². The molecule has 9 nitrogen and oxygen atoms in total. The standard InChI is InChI=1S/C11H16N4O5/c1-7-10(15(18)19)11(13(2)12-7)14-3-4-20-8(6-14)5-9(16)17/h8H,3-6H2,1-2H3,(H,16,17). The lowest BCUT2D eigenvalue weighted by Gasteiger charge is -2.33. The first-order chi connectivity index (χ1) is 9.40. The summed E-state index contributed by atoms with van der Waals surface area (Å²) >= 11 is 0. The Labute approximate surface area is 114 Å². The zero-order valence-corrected chi connectivity index (χ0v) is 11.3.